The van der Waals surface area contributed by atoms with Crippen LogP contribution in [0.1, 0.15) is 47.2 Å². The van der Waals surface area contributed by atoms with Crippen molar-refractivity contribution in [3.8, 4) is 11.5 Å². The Morgan fingerprint density at radius 2 is 1.50 bits per heavy atom. The summed E-state index contributed by atoms with van der Waals surface area (Å²) < 4.78 is 73.0. The van der Waals surface area contributed by atoms with E-state index in [-0.39, 0.29) is 29.2 Å². The molecule has 0 amide bonds. The minimum atomic E-state index is -5.61. The number of ether oxygens (including phenoxy) is 2. The van der Waals surface area contributed by atoms with Gasteiger partial charge in [-0.2, -0.15) is 22.0 Å². The fourth-order valence-corrected chi connectivity index (χ4v) is 3.86. The normalized spacial score (nSPS) is 12.2. The first-order chi connectivity index (χ1) is 19.7. The van der Waals surface area contributed by atoms with Crippen molar-refractivity contribution in [2.24, 2.45) is 0 Å². The molecule has 3 rings (SSSR count). The molecule has 3 aromatic rings. The summed E-state index contributed by atoms with van der Waals surface area (Å²) in [6.07, 6.45) is -4.55. The van der Waals surface area contributed by atoms with Crippen molar-refractivity contribution in [1.29, 1.82) is 0 Å². The summed E-state index contributed by atoms with van der Waals surface area (Å²) in [7, 11) is 0. The van der Waals surface area contributed by atoms with Crippen LogP contribution in [0, 0.1) is 0 Å². The number of anilines is 2. The van der Waals surface area contributed by atoms with E-state index in [0.717, 1.165) is 5.56 Å². The molecule has 5 N–H and O–H groups in total. The average molecular weight is 593 g/mol. The number of hydrogen-bond acceptors (Lipinski definition) is 6. The summed E-state index contributed by atoms with van der Waals surface area (Å²) in [6, 6.07) is 16.9. The van der Waals surface area contributed by atoms with Crippen molar-refractivity contribution in [3.05, 3.63) is 89.0 Å². The highest BCUT2D eigenvalue weighted by Crippen LogP contribution is 2.38. The largest absolute Gasteiger partial charge is 0.494 e. The Morgan fingerprint density at radius 3 is 2.10 bits per heavy atom. The number of esters is 1. The molecule has 0 radical (unpaired) electrons. The molecule has 0 saturated heterocycles. The van der Waals surface area contributed by atoms with Crippen LogP contribution in [0.4, 0.5) is 33.3 Å². The van der Waals surface area contributed by atoms with Crippen LogP contribution >= 0.6 is 0 Å². The van der Waals surface area contributed by atoms with E-state index in [2.05, 4.69) is 0 Å². The maximum atomic E-state index is 12.9. The van der Waals surface area contributed by atoms with E-state index in [9.17, 15) is 36.6 Å². The maximum Gasteiger partial charge on any atom is 0.453 e. The second-order valence-electron chi connectivity index (χ2n) is 9.42. The van der Waals surface area contributed by atoms with Gasteiger partial charge in [-0.25, -0.2) is 9.59 Å². The number of alkyl halides is 5. The number of aryl methyl sites for hydroxylation is 1. The van der Waals surface area contributed by atoms with E-state index >= 15 is 0 Å². The fourth-order valence-electron chi connectivity index (χ4n) is 3.86. The van der Waals surface area contributed by atoms with Crippen molar-refractivity contribution in [1.82, 2.24) is 0 Å². The summed E-state index contributed by atoms with van der Waals surface area (Å²) in [5, 5.41) is 9.60. The van der Waals surface area contributed by atoms with Crippen LogP contribution in [0.15, 0.2) is 72.3 Å². The van der Waals surface area contributed by atoms with Gasteiger partial charge < -0.3 is 26.0 Å². The Labute approximate surface area is 238 Å². The number of rotatable bonds is 13. The molecular formula is C30H29F5N2O5. The first-order valence-electron chi connectivity index (χ1n) is 12.8. The average Bonchev–Trinajstić information content (AvgIpc) is 2.92. The zero-order valence-corrected chi connectivity index (χ0v) is 22.3. The number of aliphatic carboxylic acids is 1. The zero-order valence-electron chi connectivity index (χ0n) is 22.3. The standard InChI is InChI=1S/C30H29F5N2O5/c31-29(32,30(33,34)35)15-2-16-41-24-13-8-21(9-14-24)28(40)42-25-11-5-19(6-12-25)17-22(27(38)39)4-1-3-20-7-10-23(36)18-26(20)37/h5-14,17-18H,1-4,15-16,36-37H2,(H,38,39). The minimum Gasteiger partial charge on any atom is -0.494 e. The molecule has 42 heavy (non-hydrogen) atoms. The van der Waals surface area contributed by atoms with Gasteiger partial charge in [0.2, 0.25) is 0 Å². The fraction of sp³-hybridized carbons (Fsp3) is 0.267. The van der Waals surface area contributed by atoms with Crippen molar-refractivity contribution in [3.63, 3.8) is 0 Å². The Balaban J connectivity index is 1.50. The van der Waals surface area contributed by atoms with Gasteiger partial charge >= 0.3 is 24.0 Å². The second-order valence-corrected chi connectivity index (χ2v) is 9.42. The Kier molecular flexibility index (Phi) is 10.5. The monoisotopic (exact) mass is 592 g/mol. The first kappa shape index (κ1) is 31.9. The van der Waals surface area contributed by atoms with Crippen LogP contribution in [-0.4, -0.2) is 35.8 Å². The zero-order chi connectivity index (χ0) is 30.9. The van der Waals surface area contributed by atoms with Gasteiger partial charge in [0.05, 0.1) is 12.2 Å². The molecule has 3 aromatic carbocycles. The van der Waals surface area contributed by atoms with Crippen LogP contribution in [0.25, 0.3) is 6.08 Å². The number of nitrogens with two attached hydrogens (primary N) is 2. The number of hydrogen-bond donors (Lipinski definition) is 3. The van der Waals surface area contributed by atoms with Crippen LogP contribution in [-0.2, 0) is 11.2 Å². The number of nitrogen functional groups attached to an aromatic ring is 2. The molecule has 0 atom stereocenters. The summed E-state index contributed by atoms with van der Waals surface area (Å²) in [5.74, 6) is -6.15. The van der Waals surface area contributed by atoms with Gasteiger partial charge in [-0.1, -0.05) is 18.2 Å². The summed E-state index contributed by atoms with van der Waals surface area (Å²) >= 11 is 0. The molecular weight excluding hydrogens is 563 g/mol. The van der Waals surface area contributed by atoms with Crippen LogP contribution < -0.4 is 20.9 Å². The Hall–Kier alpha value is -4.61. The minimum absolute atomic E-state index is 0.143. The molecule has 12 heteroatoms. The number of carboxylic acid groups (broad SMARTS) is 1. The molecule has 0 fully saturated rings. The summed E-state index contributed by atoms with van der Waals surface area (Å²) in [6.45, 7) is -0.364. The van der Waals surface area contributed by atoms with Crippen LogP contribution in [0.5, 0.6) is 11.5 Å². The number of carbonyl (C=O) groups excluding carboxylic acids is 1. The molecule has 0 unspecified atom stereocenters. The van der Waals surface area contributed by atoms with Crippen LogP contribution in [0.2, 0.25) is 0 Å². The number of carbonyl (C=O) groups is 2. The van der Waals surface area contributed by atoms with Gasteiger partial charge in [0.1, 0.15) is 11.5 Å². The van der Waals surface area contributed by atoms with Gasteiger partial charge in [-0.05, 0) is 91.4 Å². The quantitative estimate of drug-likeness (QED) is 0.0492. The third-order valence-electron chi connectivity index (χ3n) is 6.18. The lowest BCUT2D eigenvalue weighted by Gasteiger charge is -2.19. The van der Waals surface area contributed by atoms with E-state index in [1.807, 2.05) is 6.07 Å². The highest BCUT2D eigenvalue weighted by molar-refractivity contribution is 5.92. The lowest BCUT2D eigenvalue weighted by molar-refractivity contribution is -0.284. The van der Waals surface area contributed by atoms with Crippen molar-refractivity contribution in [2.45, 2.75) is 44.2 Å². The topological polar surface area (TPSA) is 125 Å². The van der Waals surface area contributed by atoms with Gasteiger partial charge in [0.15, 0.2) is 0 Å². The lowest BCUT2D eigenvalue weighted by atomic mass is 10.0. The van der Waals surface area contributed by atoms with Crippen molar-refractivity contribution in [2.75, 3.05) is 18.1 Å². The van der Waals surface area contributed by atoms with Crippen molar-refractivity contribution < 1.29 is 46.1 Å². The SMILES string of the molecule is Nc1ccc(CCCC(=Cc2ccc(OC(=O)c3ccc(OCCCC(F)(F)C(F)(F)F)cc3)cc2)C(=O)O)c(N)c1. The molecule has 0 spiro atoms. The molecule has 7 nitrogen and oxygen atoms in total. The molecule has 0 aliphatic rings. The van der Waals surface area contributed by atoms with E-state index in [1.54, 1.807) is 24.3 Å². The smallest absolute Gasteiger partial charge is 0.453 e. The molecule has 0 aromatic heterocycles. The van der Waals surface area contributed by atoms with E-state index in [1.165, 1.54) is 42.5 Å². The predicted octanol–water partition coefficient (Wildman–Crippen LogP) is 6.92. The highest BCUT2D eigenvalue weighted by atomic mass is 19.4. The molecule has 0 bridgehead atoms. The van der Waals surface area contributed by atoms with E-state index < -0.39 is 36.9 Å². The molecule has 224 valence electrons. The molecule has 0 aliphatic carbocycles. The van der Waals surface area contributed by atoms with Gasteiger partial charge in [0.25, 0.3) is 0 Å². The maximum absolute atomic E-state index is 12.9. The summed E-state index contributed by atoms with van der Waals surface area (Å²) in [5.41, 5.74) is 14.6. The van der Waals surface area contributed by atoms with E-state index in [4.69, 9.17) is 20.9 Å². The van der Waals surface area contributed by atoms with Gasteiger partial charge in [-0.3, -0.25) is 0 Å². The highest BCUT2D eigenvalue weighted by Gasteiger charge is 2.56. The number of benzene rings is 3. The molecule has 0 aliphatic heterocycles. The third kappa shape index (κ3) is 9.22. The van der Waals surface area contributed by atoms with Crippen molar-refractivity contribution >= 4 is 29.4 Å². The van der Waals surface area contributed by atoms with E-state index in [0.29, 0.717) is 36.2 Å². The lowest BCUT2D eigenvalue weighted by Crippen LogP contribution is -2.36. The molecule has 0 heterocycles. The Morgan fingerprint density at radius 1 is 0.857 bits per heavy atom. The third-order valence-corrected chi connectivity index (χ3v) is 6.18. The Bertz CT molecular complexity index is 1410. The summed E-state index contributed by atoms with van der Waals surface area (Å²) in [4.78, 5) is 24.2. The number of halogens is 5. The second kappa shape index (κ2) is 13.8. The first-order valence-corrected chi connectivity index (χ1v) is 12.8. The molecule has 0 saturated carbocycles. The van der Waals surface area contributed by atoms with Gasteiger partial charge in [-0.15, -0.1) is 0 Å². The predicted molar refractivity (Wildman–Crippen MR) is 147 cm³/mol. The van der Waals surface area contributed by atoms with Crippen LogP contribution in [0.3, 0.4) is 0 Å². The van der Waals surface area contributed by atoms with Gasteiger partial charge in [0, 0.05) is 23.4 Å². The number of carboxylic acids is 1.